The van der Waals surface area contributed by atoms with E-state index in [1.807, 2.05) is 12.1 Å². The SMILES string of the molecule is COC(=O)CCCNCc1cc(Br)c(O)c(Br)c1. The highest BCUT2D eigenvalue weighted by Crippen LogP contribution is 2.33. The highest BCUT2D eigenvalue weighted by Gasteiger charge is 2.05. The van der Waals surface area contributed by atoms with Gasteiger partial charge in [0.25, 0.3) is 0 Å². The van der Waals surface area contributed by atoms with E-state index in [4.69, 9.17) is 0 Å². The van der Waals surface area contributed by atoms with E-state index in [1.165, 1.54) is 7.11 Å². The monoisotopic (exact) mass is 379 g/mol. The quantitative estimate of drug-likeness (QED) is 0.588. The minimum absolute atomic E-state index is 0.188. The molecule has 2 N–H and O–H groups in total. The van der Waals surface area contributed by atoms with Gasteiger partial charge in [0.1, 0.15) is 5.75 Å². The average molecular weight is 381 g/mol. The lowest BCUT2D eigenvalue weighted by Gasteiger charge is -2.07. The topological polar surface area (TPSA) is 58.6 Å². The molecule has 0 aliphatic rings. The zero-order valence-electron chi connectivity index (χ0n) is 10.0. The second kappa shape index (κ2) is 7.76. The van der Waals surface area contributed by atoms with E-state index in [-0.39, 0.29) is 11.7 Å². The maximum atomic E-state index is 10.9. The Kier molecular flexibility index (Phi) is 6.67. The molecule has 18 heavy (non-hydrogen) atoms. The summed E-state index contributed by atoms with van der Waals surface area (Å²) in [5, 5.41) is 12.8. The van der Waals surface area contributed by atoms with Crippen molar-refractivity contribution < 1.29 is 14.6 Å². The first-order valence-corrected chi connectivity index (χ1v) is 7.07. The molecule has 0 saturated carbocycles. The Hall–Kier alpha value is -0.590. The fourth-order valence-corrected chi connectivity index (χ4v) is 2.69. The third-order valence-electron chi connectivity index (χ3n) is 2.37. The molecule has 1 aromatic rings. The summed E-state index contributed by atoms with van der Waals surface area (Å²) in [6, 6.07) is 3.71. The number of methoxy groups -OCH3 is 1. The minimum Gasteiger partial charge on any atom is -0.506 e. The molecule has 0 aliphatic heterocycles. The molecule has 0 saturated heterocycles. The second-order valence-corrected chi connectivity index (χ2v) is 5.47. The van der Waals surface area contributed by atoms with Gasteiger partial charge in [0.05, 0.1) is 16.1 Å². The lowest BCUT2D eigenvalue weighted by atomic mass is 10.2. The Morgan fingerprint density at radius 2 is 2.00 bits per heavy atom. The van der Waals surface area contributed by atoms with Crippen LogP contribution in [-0.4, -0.2) is 24.7 Å². The second-order valence-electron chi connectivity index (χ2n) is 3.76. The number of aromatic hydroxyl groups is 1. The number of carbonyl (C=O) groups is 1. The molecule has 0 aliphatic carbocycles. The normalized spacial score (nSPS) is 10.4. The molecule has 1 rings (SSSR count). The van der Waals surface area contributed by atoms with E-state index >= 15 is 0 Å². The molecule has 0 unspecified atom stereocenters. The molecule has 0 heterocycles. The zero-order chi connectivity index (χ0) is 13.5. The molecule has 1 aromatic carbocycles. The molecular formula is C12H15Br2NO3. The number of phenols is 1. The van der Waals surface area contributed by atoms with E-state index in [0.717, 1.165) is 18.5 Å². The van der Waals surface area contributed by atoms with Gasteiger partial charge in [-0.05, 0) is 62.5 Å². The van der Waals surface area contributed by atoms with Crippen LogP contribution in [0.1, 0.15) is 18.4 Å². The van der Waals surface area contributed by atoms with Gasteiger partial charge in [-0.1, -0.05) is 0 Å². The molecule has 0 atom stereocenters. The third kappa shape index (κ3) is 4.96. The Morgan fingerprint density at radius 3 is 2.56 bits per heavy atom. The number of phenolic OH excluding ortho intramolecular Hbond substituents is 1. The summed E-state index contributed by atoms with van der Waals surface area (Å²) in [5.41, 5.74) is 1.05. The first kappa shape index (κ1) is 15.5. The Labute approximate surface area is 123 Å². The van der Waals surface area contributed by atoms with Crippen molar-refractivity contribution >= 4 is 37.8 Å². The summed E-state index contributed by atoms with van der Waals surface area (Å²) in [4.78, 5) is 10.9. The molecule has 0 spiro atoms. The van der Waals surface area contributed by atoms with E-state index in [2.05, 4.69) is 41.9 Å². The molecule has 0 radical (unpaired) electrons. The number of hydrogen-bond acceptors (Lipinski definition) is 4. The van der Waals surface area contributed by atoms with Crippen LogP contribution in [0.5, 0.6) is 5.75 Å². The number of benzene rings is 1. The van der Waals surface area contributed by atoms with Gasteiger partial charge in [0.15, 0.2) is 0 Å². The number of hydrogen-bond donors (Lipinski definition) is 2. The molecule has 0 bridgehead atoms. The predicted molar refractivity (Wildman–Crippen MR) is 76.5 cm³/mol. The van der Waals surface area contributed by atoms with Crippen LogP contribution in [0.25, 0.3) is 0 Å². The fraction of sp³-hybridized carbons (Fsp3) is 0.417. The van der Waals surface area contributed by atoms with Gasteiger partial charge >= 0.3 is 5.97 Å². The van der Waals surface area contributed by atoms with Crippen molar-refractivity contribution in [3.8, 4) is 5.75 Å². The van der Waals surface area contributed by atoms with Gasteiger partial charge in [-0.3, -0.25) is 4.79 Å². The summed E-state index contributed by atoms with van der Waals surface area (Å²) >= 11 is 6.56. The van der Waals surface area contributed by atoms with Crippen LogP contribution >= 0.6 is 31.9 Å². The van der Waals surface area contributed by atoms with Crippen molar-refractivity contribution in [3.05, 3.63) is 26.6 Å². The highest BCUT2D eigenvalue weighted by molar-refractivity contribution is 9.11. The van der Waals surface area contributed by atoms with Gasteiger partial charge in [-0.15, -0.1) is 0 Å². The smallest absolute Gasteiger partial charge is 0.305 e. The Bertz CT molecular complexity index is 401. The van der Waals surface area contributed by atoms with E-state index < -0.39 is 0 Å². The van der Waals surface area contributed by atoms with Gasteiger partial charge in [-0.25, -0.2) is 0 Å². The maximum Gasteiger partial charge on any atom is 0.305 e. The third-order valence-corrected chi connectivity index (χ3v) is 3.58. The predicted octanol–water partition coefficient (Wildman–Crippen LogP) is 2.96. The van der Waals surface area contributed by atoms with E-state index in [0.29, 0.717) is 21.9 Å². The zero-order valence-corrected chi connectivity index (χ0v) is 13.2. The van der Waals surface area contributed by atoms with Gasteiger partial charge in [0, 0.05) is 13.0 Å². The number of esters is 1. The molecule has 100 valence electrons. The molecule has 6 heteroatoms. The van der Waals surface area contributed by atoms with E-state index in [1.54, 1.807) is 0 Å². The van der Waals surface area contributed by atoms with Crippen molar-refractivity contribution in [2.24, 2.45) is 0 Å². The first-order valence-electron chi connectivity index (χ1n) is 5.49. The van der Waals surface area contributed by atoms with Crippen LogP contribution in [-0.2, 0) is 16.1 Å². The van der Waals surface area contributed by atoms with Gasteiger partial charge < -0.3 is 15.2 Å². The molecule has 0 fully saturated rings. The van der Waals surface area contributed by atoms with Crippen molar-refractivity contribution in [2.75, 3.05) is 13.7 Å². The number of ether oxygens (including phenoxy) is 1. The van der Waals surface area contributed by atoms with Crippen LogP contribution in [0.15, 0.2) is 21.1 Å². The van der Waals surface area contributed by atoms with Crippen molar-refractivity contribution in [1.29, 1.82) is 0 Å². The first-order chi connectivity index (χ1) is 8.54. The van der Waals surface area contributed by atoms with Crippen LogP contribution < -0.4 is 5.32 Å². The fourth-order valence-electron chi connectivity index (χ4n) is 1.41. The summed E-state index contributed by atoms with van der Waals surface area (Å²) in [5.74, 6) is 0.0105. The van der Waals surface area contributed by atoms with Crippen LogP contribution in [0.3, 0.4) is 0 Å². The van der Waals surface area contributed by atoms with Gasteiger partial charge in [-0.2, -0.15) is 0 Å². The lowest BCUT2D eigenvalue weighted by Crippen LogP contribution is -2.16. The summed E-state index contributed by atoms with van der Waals surface area (Å²) in [6.45, 7) is 1.42. The number of nitrogens with one attached hydrogen (secondary N) is 1. The van der Waals surface area contributed by atoms with Crippen molar-refractivity contribution in [1.82, 2.24) is 5.32 Å². The number of halogens is 2. The van der Waals surface area contributed by atoms with Gasteiger partial charge in [0.2, 0.25) is 0 Å². The minimum atomic E-state index is -0.188. The Morgan fingerprint density at radius 1 is 1.39 bits per heavy atom. The molecule has 0 amide bonds. The van der Waals surface area contributed by atoms with Crippen molar-refractivity contribution in [2.45, 2.75) is 19.4 Å². The Balaban J connectivity index is 2.34. The lowest BCUT2D eigenvalue weighted by molar-refractivity contribution is -0.140. The van der Waals surface area contributed by atoms with Crippen LogP contribution in [0, 0.1) is 0 Å². The largest absolute Gasteiger partial charge is 0.506 e. The molecule has 4 nitrogen and oxygen atoms in total. The van der Waals surface area contributed by atoms with Crippen molar-refractivity contribution in [3.63, 3.8) is 0 Å². The van der Waals surface area contributed by atoms with E-state index in [9.17, 15) is 9.90 Å². The summed E-state index contributed by atoms with van der Waals surface area (Å²) in [7, 11) is 1.39. The number of rotatable bonds is 6. The molecular weight excluding hydrogens is 366 g/mol. The number of carbonyl (C=O) groups excluding carboxylic acids is 1. The summed E-state index contributed by atoms with van der Waals surface area (Å²) in [6.07, 6.45) is 1.17. The highest BCUT2D eigenvalue weighted by atomic mass is 79.9. The average Bonchev–Trinajstić information content (AvgIpc) is 2.35. The molecule has 0 aromatic heterocycles. The van der Waals surface area contributed by atoms with Crippen LogP contribution in [0.2, 0.25) is 0 Å². The maximum absolute atomic E-state index is 10.9. The summed E-state index contributed by atoms with van der Waals surface area (Å²) < 4.78 is 5.86. The standard InChI is InChI=1S/C12H15Br2NO3/c1-18-11(16)3-2-4-15-7-8-5-9(13)12(17)10(14)6-8/h5-6,15,17H,2-4,7H2,1H3. The van der Waals surface area contributed by atoms with Crippen LogP contribution in [0.4, 0.5) is 0 Å².